The van der Waals surface area contributed by atoms with Gasteiger partial charge in [0.15, 0.2) is 0 Å². The molecule has 0 aromatic carbocycles. The second-order valence-corrected chi connectivity index (χ2v) is 4.60. The molecule has 2 saturated heterocycles. The van der Waals surface area contributed by atoms with Crippen molar-refractivity contribution in [2.75, 3.05) is 20.1 Å². The largest absolute Gasteiger partial charge is 0.380 e. The van der Waals surface area contributed by atoms with Crippen molar-refractivity contribution in [1.82, 2.24) is 10.2 Å². The number of thiocarbonyl (C=S) groups is 2. The lowest BCUT2D eigenvalue weighted by atomic mass is 9.72. The summed E-state index contributed by atoms with van der Waals surface area (Å²) in [4.78, 5) is 4.23. The van der Waals surface area contributed by atoms with Gasteiger partial charge in [0.2, 0.25) is 0 Å². The Labute approximate surface area is 83.3 Å². The molecule has 0 amide bonds. The molecule has 2 aliphatic heterocycles. The van der Waals surface area contributed by atoms with Gasteiger partial charge in [-0.2, -0.15) is 0 Å². The fraction of sp³-hybridized carbons (Fsp3) is 0.750. The van der Waals surface area contributed by atoms with Gasteiger partial charge in [-0.1, -0.05) is 24.4 Å². The van der Waals surface area contributed by atoms with Gasteiger partial charge in [-0.25, -0.2) is 0 Å². The maximum absolute atomic E-state index is 5.33. The van der Waals surface area contributed by atoms with E-state index in [9.17, 15) is 0 Å². The predicted molar refractivity (Wildman–Crippen MR) is 57.5 cm³/mol. The lowest BCUT2D eigenvalue weighted by molar-refractivity contribution is 0.199. The van der Waals surface area contributed by atoms with Crippen molar-refractivity contribution < 1.29 is 0 Å². The summed E-state index contributed by atoms with van der Waals surface area (Å²) in [5.74, 6) is 0. The Balaban J connectivity index is 2.12. The molecule has 66 valence electrons. The lowest BCUT2D eigenvalue weighted by Crippen LogP contribution is -2.62. The molecule has 0 saturated carbocycles. The first kappa shape index (κ1) is 8.38. The number of nitrogens with one attached hydrogen (secondary N) is 1. The van der Waals surface area contributed by atoms with Crippen LogP contribution in [0.4, 0.5) is 0 Å². The molecule has 2 fully saturated rings. The normalized spacial score (nSPS) is 34.9. The van der Waals surface area contributed by atoms with Crippen LogP contribution < -0.4 is 5.32 Å². The monoisotopic (exact) mass is 200 g/mol. The van der Waals surface area contributed by atoms with Gasteiger partial charge in [-0.15, -0.1) is 0 Å². The van der Waals surface area contributed by atoms with Crippen LogP contribution >= 0.6 is 24.4 Å². The summed E-state index contributed by atoms with van der Waals surface area (Å²) in [5.41, 5.74) is 0.256. The second-order valence-electron chi connectivity index (χ2n) is 3.72. The minimum absolute atomic E-state index is 0.256. The number of nitrogens with zero attached hydrogens (tertiary/aromatic N) is 1. The zero-order valence-electron chi connectivity index (χ0n) is 7.09. The molecule has 0 aromatic heterocycles. The molecule has 4 heteroatoms. The Morgan fingerprint density at radius 1 is 1.50 bits per heavy atom. The number of likely N-dealkylation sites (tertiary alicyclic amines) is 1. The van der Waals surface area contributed by atoms with E-state index in [4.69, 9.17) is 24.4 Å². The van der Waals surface area contributed by atoms with E-state index in [1.165, 1.54) is 0 Å². The molecule has 1 atom stereocenters. The molecule has 2 aliphatic rings. The highest BCUT2D eigenvalue weighted by Gasteiger charge is 2.48. The fourth-order valence-corrected chi connectivity index (χ4v) is 2.81. The molecule has 12 heavy (non-hydrogen) atoms. The van der Waals surface area contributed by atoms with Crippen LogP contribution in [-0.4, -0.2) is 35.0 Å². The number of rotatable bonds is 0. The van der Waals surface area contributed by atoms with Crippen molar-refractivity contribution in [3.8, 4) is 0 Å². The van der Waals surface area contributed by atoms with Crippen LogP contribution in [0.1, 0.15) is 12.8 Å². The highest BCUT2D eigenvalue weighted by atomic mass is 32.1. The Kier molecular flexibility index (Phi) is 1.84. The van der Waals surface area contributed by atoms with E-state index in [1.54, 1.807) is 0 Å². The summed E-state index contributed by atoms with van der Waals surface area (Å²) in [6.45, 7) is 2.08. The molecule has 0 aliphatic carbocycles. The van der Waals surface area contributed by atoms with E-state index in [0.717, 1.165) is 35.9 Å². The van der Waals surface area contributed by atoms with E-state index in [1.807, 2.05) is 0 Å². The summed E-state index contributed by atoms with van der Waals surface area (Å²) < 4.78 is 0. The predicted octanol–water partition coefficient (Wildman–Crippen LogP) is 0.956. The van der Waals surface area contributed by atoms with E-state index in [0.29, 0.717) is 0 Å². The highest BCUT2D eigenvalue weighted by Crippen LogP contribution is 2.40. The van der Waals surface area contributed by atoms with Crippen molar-refractivity contribution in [3.63, 3.8) is 0 Å². The Morgan fingerprint density at radius 3 is 2.75 bits per heavy atom. The van der Waals surface area contributed by atoms with E-state index < -0.39 is 0 Å². The molecule has 2 nitrogen and oxygen atoms in total. The maximum atomic E-state index is 5.33. The Morgan fingerprint density at radius 2 is 2.25 bits per heavy atom. The molecule has 0 aromatic rings. The molecular formula is C8H12N2S2. The lowest BCUT2D eigenvalue weighted by Gasteiger charge is -2.52. The third-order valence-corrected chi connectivity index (χ3v) is 3.80. The Hall–Kier alpha value is -0.220. The van der Waals surface area contributed by atoms with Crippen LogP contribution in [0.5, 0.6) is 0 Å². The SMILES string of the molecule is CN1CC2(CCNC(=S)C2)C1=S. The summed E-state index contributed by atoms with van der Waals surface area (Å²) >= 11 is 10.5. The number of hydrogen-bond donors (Lipinski definition) is 1. The summed E-state index contributed by atoms with van der Waals surface area (Å²) in [6.07, 6.45) is 2.11. The quantitative estimate of drug-likeness (QED) is 0.586. The van der Waals surface area contributed by atoms with Gasteiger partial charge in [0, 0.05) is 32.0 Å². The van der Waals surface area contributed by atoms with Gasteiger partial charge in [0.05, 0.1) is 9.98 Å². The van der Waals surface area contributed by atoms with Gasteiger partial charge in [0.1, 0.15) is 0 Å². The maximum Gasteiger partial charge on any atom is 0.0862 e. The van der Waals surface area contributed by atoms with Gasteiger partial charge in [-0.3, -0.25) is 0 Å². The summed E-state index contributed by atoms with van der Waals surface area (Å²) in [5, 5.41) is 3.19. The average molecular weight is 200 g/mol. The fourth-order valence-electron chi connectivity index (χ4n) is 2.12. The standard InChI is InChI=1S/C8H12N2S2/c1-10-5-8(7(10)12)2-3-9-6(11)4-8/h2-5H2,1H3,(H,9,11). The van der Waals surface area contributed by atoms with Gasteiger partial charge in [0.25, 0.3) is 0 Å². The topological polar surface area (TPSA) is 15.3 Å². The first-order chi connectivity index (χ1) is 5.64. The smallest absolute Gasteiger partial charge is 0.0862 e. The first-order valence-corrected chi connectivity index (χ1v) is 4.98. The van der Waals surface area contributed by atoms with Gasteiger partial charge in [-0.05, 0) is 6.42 Å². The average Bonchev–Trinajstić information content (AvgIpc) is 2.04. The first-order valence-electron chi connectivity index (χ1n) is 4.16. The van der Waals surface area contributed by atoms with Crippen molar-refractivity contribution in [2.24, 2.45) is 5.41 Å². The number of piperidine rings is 1. The third kappa shape index (κ3) is 1.05. The molecule has 1 N–H and O–H groups in total. The minimum Gasteiger partial charge on any atom is -0.380 e. The van der Waals surface area contributed by atoms with Crippen LogP contribution in [0.2, 0.25) is 0 Å². The van der Waals surface area contributed by atoms with Crippen molar-refractivity contribution in [3.05, 3.63) is 0 Å². The van der Waals surface area contributed by atoms with Crippen LogP contribution in [0.15, 0.2) is 0 Å². The van der Waals surface area contributed by atoms with Crippen molar-refractivity contribution in [1.29, 1.82) is 0 Å². The molecule has 1 unspecified atom stereocenters. The molecule has 0 radical (unpaired) electrons. The zero-order valence-corrected chi connectivity index (χ0v) is 8.73. The molecule has 2 heterocycles. The Bertz CT molecular complexity index is 247. The minimum atomic E-state index is 0.256. The van der Waals surface area contributed by atoms with Gasteiger partial charge >= 0.3 is 0 Å². The van der Waals surface area contributed by atoms with Crippen LogP contribution in [0.25, 0.3) is 0 Å². The summed E-state index contributed by atoms with van der Waals surface area (Å²) in [6, 6.07) is 0. The van der Waals surface area contributed by atoms with Crippen molar-refractivity contribution in [2.45, 2.75) is 12.8 Å². The summed E-state index contributed by atoms with van der Waals surface area (Å²) in [7, 11) is 2.05. The van der Waals surface area contributed by atoms with Crippen LogP contribution in [0, 0.1) is 5.41 Å². The zero-order chi connectivity index (χ0) is 8.77. The number of hydrogen-bond acceptors (Lipinski definition) is 2. The molecule has 1 spiro atoms. The van der Waals surface area contributed by atoms with Crippen molar-refractivity contribution >= 4 is 34.4 Å². The van der Waals surface area contributed by atoms with Crippen LogP contribution in [-0.2, 0) is 0 Å². The molecular weight excluding hydrogens is 188 g/mol. The highest BCUT2D eigenvalue weighted by molar-refractivity contribution is 7.81. The molecule has 0 bridgehead atoms. The van der Waals surface area contributed by atoms with Crippen LogP contribution in [0.3, 0.4) is 0 Å². The van der Waals surface area contributed by atoms with E-state index in [-0.39, 0.29) is 5.41 Å². The van der Waals surface area contributed by atoms with E-state index >= 15 is 0 Å². The van der Waals surface area contributed by atoms with E-state index in [2.05, 4.69) is 17.3 Å². The third-order valence-electron chi connectivity index (χ3n) is 2.76. The van der Waals surface area contributed by atoms with Gasteiger partial charge < -0.3 is 10.2 Å². The second kappa shape index (κ2) is 2.64. The molecule has 2 rings (SSSR count).